The van der Waals surface area contributed by atoms with E-state index in [0.717, 1.165) is 21.4 Å². The maximum Gasteiger partial charge on any atom is 0.411 e. The number of nitrogens with zero attached hydrogens (tertiary/aromatic N) is 2. The molecule has 36 heavy (non-hydrogen) atoms. The molecule has 2 heterocycles. The third-order valence-electron chi connectivity index (χ3n) is 6.93. The topological polar surface area (TPSA) is 76.7 Å². The minimum absolute atomic E-state index is 0.202. The van der Waals surface area contributed by atoms with Crippen molar-refractivity contribution in [2.45, 2.75) is 64.7 Å². The first-order chi connectivity index (χ1) is 16.9. The maximum absolute atomic E-state index is 13.6. The molecule has 1 amide bonds. The molecule has 0 radical (unpaired) electrons. The minimum Gasteiger partial charge on any atom is -0.618 e. The lowest BCUT2D eigenvalue weighted by molar-refractivity contribution is -0.619. The Morgan fingerprint density at radius 1 is 1.08 bits per heavy atom. The van der Waals surface area contributed by atoms with Crippen LogP contribution in [0.2, 0.25) is 0 Å². The average molecular weight is 493 g/mol. The summed E-state index contributed by atoms with van der Waals surface area (Å²) in [5.74, 6) is -0.369. The lowest BCUT2D eigenvalue weighted by atomic mass is 9.80. The second-order valence-corrected chi connectivity index (χ2v) is 10.4. The van der Waals surface area contributed by atoms with Crippen LogP contribution in [-0.2, 0) is 10.3 Å². The Kier molecular flexibility index (Phi) is 6.80. The molecule has 0 aliphatic carbocycles. The fourth-order valence-electron chi connectivity index (χ4n) is 5.09. The zero-order chi connectivity index (χ0) is 26.3. The first-order valence-electron chi connectivity index (χ1n) is 12.2. The predicted molar refractivity (Wildman–Crippen MR) is 136 cm³/mol. The summed E-state index contributed by atoms with van der Waals surface area (Å²) < 4.78 is 20.5. The van der Waals surface area contributed by atoms with Gasteiger partial charge in [0.1, 0.15) is 11.4 Å². The van der Waals surface area contributed by atoms with Crippen molar-refractivity contribution >= 4 is 6.09 Å². The van der Waals surface area contributed by atoms with Crippen molar-refractivity contribution in [3.05, 3.63) is 94.2 Å². The van der Waals surface area contributed by atoms with Crippen LogP contribution in [-0.4, -0.2) is 28.2 Å². The third-order valence-corrected chi connectivity index (χ3v) is 6.93. The van der Waals surface area contributed by atoms with Crippen LogP contribution in [0.5, 0.6) is 0 Å². The zero-order valence-corrected chi connectivity index (χ0v) is 21.4. The maximum atomic E-state index is 13.6. The van der Waals surface area contributed by atoms with Gasteiger partial charge in [-0.1, -0.05) is 36.4 Å². The van der Waals surface area contributed by atoms with Gasteiger partial charge in [0.15, 0.2) is 11.4 Å². The highest BCUT2D eigenvalue weighted by atomic mass is 19.1. The number of benzene rings is 2. The summed E-state index contributed by atoms with van der Waals surface area (Å²) in [4.78, 5) is 14.9. The standard InChI is InChI=1S/C29H33FN2O4/c1-19-16-24(17-20(2)32(19)35)23-8-6-22(7-9-23)21(3)31-15-14-29(36-27(31)33,18-28(4,5)34)25-10-12-26(30)13-11-25/h6-13,16-17,21,34H,14-15,18H2,1-5H3/t21-,29-/m0/s1. The SMILES string of the molecule is Cc1cc(-c2ccc([C@H](C)N3CC[C@](CC(C)(C)O)(c4ccc(F)cc4)OC3=O)cc2)cc(C)[n+]1[O-]. The summed E-state index contributed by atoms with van der Waals surface area (Å²) in [5.41, 5.74) is 2.72. The number of hydrogen-bond acceptors (Lipinski definition) is 4. The van der Waals surface area contributed by atoms with Gasteiger partial charge in [0.2, 0.25) is 0 Å². The van der Waals surface area contributed by atoms with Gasteiger partial charge in [-0.15, -0.1) is 0 Å². The van der Waals surface area contributed by atoms with Crippen molar-refractivity contribution in [2.75, 3.05) is 6.54 Å². The van der Waals surface area contributed by atoms with E-state index in [4.69, 9.17) is 4.74 Å². The normalized spacial score (nSPS) is 19.2. The van der Waals surface area contributed by atoms with E-state index in [-0.39, 0.29) is 18.3 Å². The van der Waals surface area contributed by atoms with Crippen LogP contribution in [0.3, 0.4) is 0 Å². The highest BCUT2D eigenvalue weighted by molar-refractivity contribution is 5.70. The molecule has 1 fully saturated rings. The molecule has 1 aliphatic rings. The van der Waals surface area contributed by atoms with Gasteiger partial charge in [-0.2, -0.15) is 4.73 Å². The van der Waals surface area contributed by atoms with Gasteiger partial charge in [-0.05, 0) is 55.2 Å². The molecule has 0 spiro atoms. The summed E-state index contributed by atoms with van der Waals surface area (Å²) in [5, 5.41) is 22.5. The molecule has 7 heteroatoms. The van der Waals surface area contributed by atoms with Gasteiger partial charge in [0.25, 0.3) is 0 Å². The monoisotopic (exact) mass is 492 g/mol. The lowest BCUT2D eigenvalue weighted by Crippen LogP contribution is -2.51. The number of cyclic esters (lactones) is 1. The molecule has 1 saturated heterocycles. The summed E-state index contributed by atoms with van der Waals surface area (Å²) in [7, 11) is 0. The van der Waals surface area contributed by atoms with Crippen LogP contribution >= 0.6 is 0 Å². The molecule has 2 aromatic carbocycles. The summed E-state index contributed by atoms with van der Waals surface area (Å²) in [6, 6.07) is 17.4. The van der Waals surface area contributed by atoms with Crippen LogP contribution in [0.4, 0.5) is 9.18 Å². The van der Waals surface area contributed by atoms with Gasteiger partial charge in [0.05, 0.1) is 11.6 Å². The summed E-state index contributed by atoms with van der Waals surface area (Å²) >= 11 is 0. The summed E-state index contributed by atoms with van der Waals surface area (Å²) in [6.45, 7) is 9.30. The molecule has 3 aromatic rings. The van der Waals surface area contributed by atoms with Gasteiger partial charge >= 0.3 is 6.09 Å². The molecule has 1 aromatic heterocycles. The molecule has 0 unspecified atom stereocenters. The predicted octanol–water partition coefficient (Wildman–Crippen LogP) is 5.70. The smallest absolute Gasteiger partial charge is 0.411 e. The molecule has 190 valence electrons. The number of hydrogen-bond donors (Lipinski definition) is 1. The van der Waals surface area contributed by atoms with Gasteiger partial charge < -0.3 is 20.0 Å². The Hall–Kier alpha value is -3.45. The van der Waals surface area contributed by atoms with E-state index in [1.807, 2.05) is 43.3 Å². The Morgan fingerprint density at radius 2 is 1.67 bits per heavy atom. The fraction of sp³-hybridized carbons (Fsp3) is 0.379. The Morgan fingerprint density at radius 3 is 2.19 bits per heavy atom. The van der Waals surface area contributed by atoms with E-state index in [9.17, 15) is 19.5 Å². The number of ether oxygens (including phenoxy) is 1. The van der Waals surface area contributed by atoms with Crippen molar-refractivity contribution in [3.8, 4) is 11.1 Å². The van der Waals surface area contributed by atoms with Crippen molar-refractivity contribution in [2.24, 2.45) is 0 Å². The third kappa shape index (κ3) is 5.21. The van der Waals surface area contributed by atoms with E-state index < -0.39 is 17.3 Å². The lowest BCUT2D eigenvalue weighted by Gasteiger charge is -2.45. The molecule has 0 bridgehead atoms. The minimum atomic E-state index is -1.09. The molecule has 4 rings (SSSR count). The number of halogens is 1. The van der Waals surface area contributed by atoms with Crippen molar-refractivity contribution in [1.29, 1.82) is 0 Å². The molecule has 6 nitrogen and oxygen atoms in total. The Labute approximate surface area is 211 Å². The molecule has 2 atom stereocenters. The highest BCUT2D eigenvalue weighted by Gasteiger charge is 2.46. The van der Waals surface area contributed by atoms with E-state index in [0.29, 0.717) is 29.9 Å². The Bertz CT molecular complexity index is 1230. The highest BCUT2D eigenvalue weighted by Crippen LogP contribution is 2.42. The average Bonchev–Trinajstić information content (AvgIpc) is 2.81. The van der Waals surface area contributed by atoms with Crippen molar-refractivity contribution in [1.82, 2.24) is 4.90 Å². The number of aromatic nitrogens is 1. The second kappa shape index (κ2) is 9.54. The van der Waals surface area contributed by atoms with E-state index >= 15 is 0 Å². The van der Waals surface area contributed by atoms with Crippen LogP contribution < -0.4 is 4.73 Å². The number of aryl methyl sites for hydroxylation is 2. The van der Waals surface area contributed by atoms with Gasteiger partial charge in [0, 0.05) is 45.4 Å². The molecular formula is C29H33FN2O4. The number of aliphatic hydroxyl groups is 1. The first kappa shape index (κ1) is 25.6. The first-order valence-corrected chi connectivity index (χ1v) is 12.2. The number of amides is 1. The molecule has 1 N–H and O–H groups in total. The zero-order valence-electron chi connectivity index (χ0n) is 21.4. The van der Waals surface area contributed by atoms with Gasteiger partial charge in [-0.25, -0.2) is 9.18 Å². The number of carbonyl (C=O) groups is 1. The van der Waals surface area contributed by atoms with E-state index in [1.54, 1.807) is 44.7 Å². The largest absolute Gasteiger partial charge is 0.618 e. The van der Waals surface area contributed by atoms with Crippen molar-refractivity contribution < 1.29 is 23.8 Å². The van der Waals surface area contributed by atoms with E-state index in [1.165, 1.54) is 12.1 Å². The van der Waals surface area contributed by atoms with E-state index in [2.05, 4.69) is 0 Å². The quantitative estimate of drug-likeness (QED) is 0.354. The number of pyridine rings is 1. The molecular weight excluding hydrogens is 459 g/mol. The number of carbonyl (C=O) groups excluding carboxylic acids is 1. The summed E-state index contributed by atoms with van der Waals surface area (Å²) in [6.07, 6.45) is 0.197. The second-order valence-electron chi connectivity index (χ2n) is 10.4. The van der Waals surface area contributed by atoms with Crippen molar-refractivity contribution in [3.63, 3.8) is 0 Å². The molecule has 0 saturated carbocycles. The van der Waals surface area contributed by atoms with Crippen LogP contribution in [0.25, 0.3) is 11.1 Å². The number of rotatable bonds is 6. The van der Waals surface area contributed by atoms with Crippen LogP contribution in [0.1, 0.15) is 62.2 Å². The van der Waals surface area contributed by atoms with Crippen LogP contribution in [0.15, 0.2) is 60.7 Å². The van der Waals surface area contributed by atoms with Gasteiger partial charge in [-0.3, -0.25) is 0 Å². The molecule has 1 aliphatic heterocycles. The van der Waals surface area contributed by atoms with Crippen LogP contribution in [0, 0.1) is 24.9 Å². The Balaban J connectivity index is 1.55. The fourth-order valence-corrected chi connectivity index (χ4v) is 5.09.